The topological polar surface area (TPSA) is 81.6 Å². The van der Waals surface area contributed by atoms with Crippen LogP contribution >= 0.6 is 0 Å². The fourth-order valence-corrected chi connectivity index (χ4v) is 2.14. The molecule has 5 heteroatoms. The average Bonchev–Trinajstić information content (AvgIpc) is 2.53. The molecule has 0 saturated heterocycles. The summed E-state index contributed by atoms with van der Waals surface area (Å²) in [7, 11) is 0. The van der Waals surface area contributed by atoms with Gasteiger partial charge in [0.05, 0.1) is 6.10 Å². The van der Waals surface area contributed by atoms with Crippen molar-refractivity contribution in [3.8, 4) is 0 Å². The van der Waals surface area contributed by atoms with E-state index < -0.39 is 12.2 Å². The summed E-state index contributed by atoms with van der Waals surface area (Å²) in [6.07, 6.45) is -0.762. The molecule has 0 aromatic heterocycles. The van der Waals surface area contributed by atoms with Gasteiger partial charge < -0.3 is 15.5 Å². The van der Waals surface area contributed by atoms with Gasteiger partial charge >= 0.3 is 6.09 Å². The number of anilines is 1. The monoisotopic (exact) mass is 300 g/mol. The molecule has 0 heterocycles. The van der Waals surface area contributed by atoms with Gasteiger partial charge in [-0.05, 0) is 36.2 Å². The molecule has 116 valence electrons. The Kier molecular flexibility index (Phi) is 5.94. The molecule has 0 fully saturated rings. The second-order valence-corrected chi connectivity index (χ2v) is 5.01. The molecular weight excluding hydrogens is 280 g/mol. The molecule has 0 radical (unpaired) electrons. The smallest absolute Gasteiger partial charge is 0.409 e. The van der Waals surface area contributed by atoms with Gasteiger partial charge in [-0.3, -0.25) is 5.32 Å². The van der Waals surface area contributed by atoms with Gasteiger partial charge in [0.2, 0.25) is 0 Å². The molecule has 2 aromatic carbocycles. The van der Waals surface area contributed by atoms with E-state index in [-0.39, 0.29) is 0 Å². The Bertz CT molecular complexity index is 585. The minimum Gasteiger partial charge on any atom is -0.465 e. The Hall–Kier alpha value is -2.37. The van der Waals surface area contributed by atoms with Crippen molar-refractivity contribution in [1.29, 1.82) is 0 Å². The van der Waals surface area contributed by atoms with E-state index in [4.69, 9.17) is 5.11 Å². The van der Waals surface area contributed by atoms with E-state index in [0.717, 1.165) is 24.1 Å². The summed E-state index contributed by atoms with van der Waals surface area (Å²) in [5, 5.41) is 24.1. The quantitative estimate of drug-likeness (QED) is 0.593. The van der Waals surface area contributed by atoms with Crippen molar-refractivity contribution in [2.24, 2.45) is 0 Å². The van der Waals surface area contributed by atoms with Gasteiger partial charge in [-0.25, -0.2) is 4.79 Å². The van der Waals surface area contributed by atoms with E-state index in [2.05, 4.69) is 10.6 Å². The lowest BCUT2D eigenvalue weighted by molar-refractivity contribution is 0.175. The molecule has 22 heavy (non-hydrogen) atoms. The molecular formula is C17H20N2O3. The van der Waals surface area contributed by atoms with Gasteiger partial charge in [-0.2, -0.15) is 0 Å². The van der Waals surface area contributed by atoms with Crippen molar-refractivity contribution < 1.29 is 15.0 Å². The van der Waals surface area contributed by atoms with Crippen LogP contribution in [0.5, 0.6) is 0 Å². The molecule has 5 nitrogen and oxygen atoms in total. The van der Waals surface area contributed by atoms with Crippen molar-refractivity contribution in [1.82, 2.24) is 5.32 Å². The highest BCUT2D eigenvalue weighted by molar-refractivity contribution is 5.82. The molecule has 1 atom stereocenters. The third kappa shape index (κ3) is 5.20. The van der Waals surface area contributed by atoms with Crippen molar-refractivity contribution in [2.75, 3.05) is 18.4 Å². The van der Waals surface area contributed by atoms with Gasteiger partial charge in [-0.1, -0.05) is 42.5 Å². The van der Waals surface area contributed by atoms with Gasteiger partial charge in [0.25, 0.3) is 0 Å². The van der Waals surface area contributed by atoms with Crippen LogP contribution < -0.4 is 10.6 Å². The van der Waals surface area contributed by atoms with E-state index in [1.807, 2.05) is 42.5 Å². The predicted octanol–water partition coefficient (Wildman–Crippen LogP) is 2.64. The van der Waals surface area contributed by atoms with Gasteiger partial charge in [-0.15, -0.1) is 0 Å². The van der Waals surface area contributed by atoms with Crippen molar-refractivity contribution in [2.45, 2.75) is 12.5 Å². The lowest BCUT2D eigenvalue weighted by Crippen LogP contribution is -2.23. The predicted molar refractivity (Wildman–Crippen MR) is 86.1 cm³/mol. The zero-order chi connectivity index (χ0) is 15.8. The Balaban J connectivity index is 1.71. The Morgan fingerprint density at radius 2 is 1.73 bits per heavy atom. The lowest BCUT2D eigenvalue weighted by Gasteiger charge is -2.12. The molecule has 2 rings (SSSR count). The zero-order valence-corrected chi connectivity index (χ0v) is 12.2. The normalized spacial score (nSPS) is 11.9. The zero-order valence-electron chi connectivity index (χ0n) is 12.2. The summed E-state index contributed by atoms with van der Waals surface area (Å²) in [5.74, 6) is 0. The summed E-state index contributed by atoms with van der Waals surface area (Å²) >= 11 is 0. The number of rotatable bonds is 7. The molecule has 4 N–H and O–H groups in total. The molecule has 0 saturated carbocycles. The first kappa shape index (κ1) is 16.0. The number of hydrogen-bond donors (Lipinski definition) is 4. The van der Waals surface area contributed by atoms with E-state index in [0.29, 0.717) is 12.2 Å². The standard InChI is InChI=1S/C17H20N2O3/c20-16(14-4-2-1-3-5-14)12-18-11-10-13-6-8-15(9-7-13)19-17(21)22/h1-9,16,18-20H,10-12H2,(H,21,22)/t16-/m0/s1. The Labute approximate surface area is 129 Å². The minimum absolute atomic E-state index is 0.503. The van der Waals surface area contributed by atoms with Crippen LogP contribution in [0.1, 0.15) is 17.2 Å². The number of benzene rings is 2. The first-order valence-corrected chi connectivity index (χ1v) is 7.18. The molecule has 0 aliphatic rings. The number of carbonyl (C=O) groups is 1. The second-order valence-electron chi connectivity index (χ2n) is 5.01. The van der Waals surface area contributed by atoms with Gasteiger partial charge in [0.1, 0.15) is 0 Å². The van der Waals surface area contributed by atoms with Crippen LogP contribution in [0.15, 0.2) is 54.6 Å². The molecule has 2 aromatic rings. The first-order valence-electron chi connectivity index (χ1n) is 7.18. The van der Waals surface area contributed by atoms with Crippen LogP contribution in [-0.2, 0) is 6.42 Å². The summed E-state index contributed by atoms with van der Waals surface area (Å²) in [6.45, 7) is 1.25. The SMILES string of the molecule is O=C(O)Nc1ccc(CCNC[C@H](O)c2ccccc2)cc1. The van der Waals surface area contributed by atoms with Crippen LogP contribution in [0.3, 0.4) is 0 Å². The Morgan fingerprint density at radius 3 is 2.36 bits per heavy atom. The molecule has 1 amide bonds. The average molecular weight is 300 g/mol. The second kappa shape index (κ2) is 8.17. The van der Waals surface area contributed by atoms with Crippen LogP contribution in [0.4, 0.5) is 10.5 Å². The number of aliphatic hydroxyl groups excluding tert-OH is 1. The summed E-state index contributed by atoms with van der Waals surface area (Å²) < 4.78 is 0. The first-order chi connectivity index (χ1) is 10.6. The fraction of sp³-hybridized carbons (Fsp3) is 0.235. The van der Waals surface area contributed by atoms with Crippen molar-refractivity contribution in [3.63, 3.8) is 0 Å². The molecule has 0 unspecified atom stereocenters. The third-order valence-corrected chi connectivity index (χ3v) is 3.32. The Morgan fingerprint density at radius 1 is 1.05 bits per heavy atom. The van der Waals surface area contributed by atoms with Gasteiger partial charge in [0.15, 0.2) is 0 Å². The van der Waals surface area contributed by atoms with Crippen molar-refractivity contribution in [3.05, 3.63) is 65.7 Å². The van der Waals surface area contributed by atoms with Crippen LogP contribution in [-0.4, -0.2) is 29.4 Å². The highest BCUT2D eigenvalue weighted by Gasteiger charge is 2.05. The maximum atomic E-state index is 10.5. The largest absolute Gasteiger partial charge is 0.465 e. The number of amides is 1. The highest BCUT2D eigenvalue weighted by atomic mass is 16.4. The van der Waals surface area contributed by atoms with Crippen LogP contribution in [0.2, 0.25) is 0 Å². The van der Waals surface area contributed by atoms with E-state index >= 15 is 0 Å². The maximum absolute atomic E-state index is 10.5. The van der Waals surface area contributed by atoms with E-state index in [1.165, 1.54) is 0 Å². The molecule has 0 aliphatic heterocycles. The molecule has 0 aliphatic carbocycles. The number of aliphatic hydroxyl groups is 1. The van der Waals surface area contributed by atoms with Crippen LogP contribution in [0, 0.1) is 0 Å². The minimum atomic E-state index is -1.07. The maximum Gasteiger partial charge on any atom is 0.409 e. The lowest BCUT2D eigenvalue weighted by atomic mass is 10.1. The molecule has 0 spiro atoms. The van der Waals surface area contributed by atoms with Gasteiger partial charge in [0, 0.05) is 12.2 Å². The summed E-state index contributed by atoms with van der Waals surface area (Å²) in [6, 6.07) is 16.8. The summed E-state index contributed by atoms with van der Waals surface area (Å²) in [5.41, 5.74) is 2.57. The molecule has 0 bridgehead atoms. The van der Waals surface area contributed by atoms with E-state index in [9.17, 15) is 9.90 Å². The highest BCUT2D eigenvalue weighted by Crippen LogP contribution is 2.11. The number of carboxylic acid groups (broad SMARTS) is 1. The third-order valence-electron chi connectivity index (χ3n) is 3.32. The van der Waals surface area contributed by atoms with Crippen LogP contribution in [0.25, 0.3) is 0 Å². The summed E-state index contributed by atoms with van der Waals surface area (Å²) in [4.78, 5) is 10.5. The van der Waals surface area contributed by atoms with Crippen molar-refractivity contribution >= 4 is 11.8 Å². The van der Waals surface area contributed by atoms with E-state index in [1.54, 1.807) is 12.1 Å². The fourth-order valence-electron chi connectivity index (χ4n) is 2.14. The number of hydrogen-bond acceptors (Lipinski definition) is 3. The number of nitrogens with one attached hydrogen (secondary N) is 2.